The van der Waals surface area contributed by atoms with Crippen LogP contribution in [0.25, 0.3) is 5.65 Å². The Bertz CT molecular complexity index is 1000. The highest BCUT2D eigenvalue weighted by molar-refractivity contribution is 5.84. The first-order valence-electron chi connectivity index (χ1n) is 10.6. The maximum atomic E-state index is 13.1. The number of amides is 1. The molecule has 2 fully saturated rings. The molecule has 5 rings (SSSR count). The van der Waals surface area contributed by atoms with E-state index in [1.54, 1.807) is 0 Å². The molecule has 0 spiro atoms. The number of rotatable bonds is 5. The summed E-state index contributed by atoms with van der Waals surface area (Å²) in [4.78, 5) is 17.4. The van der Waals surface area contributed by atoms with Gasteiger partial charge in [-0.15, -0.1) is 15.3 Å². The van der Waals surface area contributed by atoms with Crippen molar-refractivity contribution in [3.8, 4) is 0 Å². The molecule has 7 heteroatoms. The normalized spacial score (nSPS) is 18.2. The summed E-state index contributed by atoms with van der Waals surface area (Å²) in [5.41, 5.74) is 1.91. The van der Waals surface area contributed by atoms with Crippen molar-refractivity contribution in [2.45, 2.75) is 38.0 Å². The molecule has 1 amide bonds. The molecule has 1 aliphatic heterocycles. The molecule has 2 aliphatic rings. The lowest BCUT2D eigenvalue weighted by atomic mass is 9.95. The minimum absolute atomic E-state index is 0.0599. The summed E-state index contributed by atoms with van der Waals surface area (Å²) in [6, 6.07) is 14.1. The molecule has 1 atom stereocenters. The molecule has 1 unspecified atom stereocenters. The summed E-state index contributed by atoms with van der Waals surface area (Å²) in [5, 5.41) is 13.4. The molecule has 0 radical (unpaired) electrons. The summed E-state index contributed by atoms with van der Waals surface area (Å²) in [5.74, 6) is 2.59. The van der Waals surface area contributed by atoms with Gasteiger partial charge < -0.3 is 9.80 Å². The maximum absolute atomic E-state index is 13.1. The second kappa shape index (κ2) is 7.46. The van der Waals surface area contributed by atoms with Gasteiger partial charge in [0.15, 0.2) is 11.5 Å². The van der Waals surface area contributed by atoms with Gasteiger partial charge in [0.2, 0.25) is 5.91 Å². The minimum atomic E-state index is -0.0599. The van der Waals surface area contributed by atoms with Crippen molar-refractivity contribution in [1.82, 2.24) is 24.7 Å². The topological polar surface area (TPSA) is 66.6 Å². The largest absolute Gasteiger partial charge is 0.352 e. The maximum Gasteiger partial charge on any atom is 0.230 e. The van der Waals surface area contributed by atoms with E-state index in [0.29, 0.717) is 5.92 Å². The molecule has 1 saturated heterocycles. The summed E-state index contributed by atoms with van der Waals surface area (Å²) in [6.45, 7) is 5.10. The molecule has 3 aromatic rings. The predicted molar refractivity (Wildman–Crippen MR) is 111 cm³/mol. The molecule has 0 bridgehead atoms. The second-order valence-corrected chi connectivity index (χ2v) is 7.98. The zero-order valence-corrected chi connectivity index (χ0v) is 16.7. The standard InChI is InChI=1S/C22H26N6O/c1-2-18(16-6-4-3-5-7-16)22(29)27-14-12-26(13-15-27)20-11-10-19-23-24-21(17-8-9-17)28(19)25-20/h3-7,10-11,17-18H,2,8-9,12-15H2,1H3. The van der Waals surface area contributed by atoms with Crippen LogP contribution in [0.1, 0.15) is 49.4 Å². The van der Waals surface area contributed by atoms with E-state index in [4.69, 9.17) is 5.10 Å². The van der Waals surface area contributed by atoms with Crippen LogP contribution >= 0.6 is 0 Å². The fourth-order valence-corrected chi connectivity index (χ4v) is 4.18. The Balaban J connectivity index is 1.28. The van der Waals surface area contributed by atoms with Gasteiger partial charge in [-0.3, -0.25) is 4.79 Å². The van der Waals surface area contributed by atoms with E-state index < -0.39 is 0 Å². The van der Waals surface area contributed by atoms with Crippen LogP contribution in [0.15, 0.2) is 42.5 Å². The van der Waals surface area contributed by atoms with Crippen LogP contribution in [0, 0.1) is 0 Å². The van der Waals surface area contributed by atoms with Crippen molar-refractivity contribution in [3.05, 3.63) is 53.9 Å². The van der Waals surface area contributed by atoms with Gasteiger partial charge in [0.1, 0.15) is 5.82 Å². The Morgan fingerprint density at radius 1 is 1.03 bits per heavy atom. The number of anilines is 1. The van der Waals surface area contributed by atoms with E-state index in [1.165, 1.54) is 12.8 Å². The number of hydrogen-bond donors (Lipinski definition) is 0. The minimum Gasteiger partial charge on any atom is -0.352 e. The summed E-state index contributed by atoms with van der Waals surface area (Å²) in [7, 11) is 0. The lowest BCUT2D eigenvalue weighted by molar-refractivity contribution is -0.133. The van der Waals surface area contributed by atoms with Crippen molar-refractivity contribution in [1.29, 1.82) is 0 Å². The van der Waals surface area contributed by atoms with E-state index in [9.17, 15) is 4.79 Å². The van der Waals surface area contributed by atoms with Gasteiger partial charge in [0.25, 0.3) is 0 Å². The first-order chi connectivity index (χ1) is 14.2. The molecule has 1 saturated carbocycles. The lowest BCUT2D eigenvalue weighted by Crippen LogP contribution is -2.50. The number of fused-ring (bicyclic) bond motifs is 1. The third-order valence-electron chi connectivity index (χ3n) is 6.04. The fraction of sp³-hybridized carbons (Fsp3) is 0.455. The van der Waals surface area contributed by atoms with Gasteiger partial charge in [-0.2, -0.15) is 4.52 Å². The van der Waals surface area contributed by atoms with Crippen LogP contribution in [-0.2, 0) is 4.79 Å². The molecule has 0 N–H and O–H groups in total. The van der Waals surface area contributed by atoms with Crippen LogP contribution in [0.2, 0.25) is 0 Å². The highest BCUT2D eigenvalue weighted by Gasteiger charge is 2.30. The molecule has 2 aromatic heterocycles. The molecule has 29 heavy (non-hydrogen) atoms. The molecular formula is C22H26N6O. The van der Waals surface area contributed by atoms with Crippen molar-refractivity contribution in [2.75, 3.05) is 31.1 Å². The molecule has 1 aliphatic carbocycles. The fourth-order valence-electron chi connectivity index (χ4n) is 4.18. The van der Waals surface area contributed by atoms with Crippen LogP contribution in [0.3, 0.4) is 0 Å². The number of benzene rings is 1. The lowest BCUT2D eigenvalue weighted by Gasteiger charge is -2.37. The highest BCUT2D eigenvalue weighted by atomic mass is 16.2. The molecule has 3 heterocycles. The monoisotopic (exact) mass is 390 g/mol. The van der Waals surface area contributed by atoms with Crippen molar-refractivity contribution in [2.24, 2.45) is 0 Å². The highest BCUT2D eigenvalue weighted by Crippen LogP contribution is 2.38. The third-order valence-corrected chi connectivity index (χ3v) is 6.04. The average molecular weight is 390 g/mol. The Kier molecular flexibility index (Phi) is 4.66. The van der Waals surface area contributed by atoms with Crippen LogP contribution in [0.4, 0.5) is 5.82 Å². The summed E-state index contributed by atoms with van der Waals surface area (Å²) < 4.78 is 1.90. The molecular weight excluding hydrogens is 364 g/mol. The predicted octanol–water partition coefficient (Wildman–Crippen LogP) is 2.84. The van der Waals surface area contributed by atoms with Gasteiger partial charge in [-0.1, -0.05) is 37.3 Å². The first-order valence-corrected chi connectivity index (χ1v) is 10.6. The van der Waals surface area contributed by atoms with Gasteiger partial charge >= 0.3 is 0 Å². The van der Waals surface area contributed by atoms with Crippen molar-refractivity contribution in [3.63, 3.8) is 0 Å². The number of hydrogen-bond acceptors (Lipinski definition) is 5. The van der Waals surface area contributed by atoms with E-state index in [2.05, 4.69) is 34.2 Å². The van der Waals surface area contributed by atoms with Crippen LogP contribution in [0.5, 0.6) is 0 Å². The van der Waals surface area contributed by atoms with Crippen molar-refractivity contribution < 1.29 is 4.79 Å². The van der Waals surface area contributed by atoms with Crippen LogP contribution in [-0.4, -0.2) is 56.8 Å². The van der Waals surface area contributed by atoms with Gasteiger partial charge in [0.05, 0.1) is 5.92 Å². The van der Waals surface area contributed by atoms with Gasteiger partial charge in [-0.05, 0) is 37.0 Å². The SMILES string of the molecule is CCC(C(=O)N1CCN(c2ccc3nnc(C4CC4)n3n2)CC1)c1ccccc1. The summed E-state index contributed by atoms with van der Waals surface area (Å²) >= 11 is 0. The summed E-state index contributed by atoms with van der Waals surface area (Å²) in [6.07, 6.45) is 3.17. The second-order valence-electron chi connectivity index (χ2n) is 7.98. The zero-order valence-electron chi connectivity index (χ0n) is 16.7. The average Bonchev–Trinajstić information content (AvgIpc) is 3.53. The van der Waals surface area contributed by atoms with E-state index >= 15 is 0 Å². The van der Waals surface area contributed by atoms with E-state index in [0.717, 1.165) is 55.5 Å². The number of carbonyl (C=O) groups is 1. The van der Waals surface area contributed by atoms with Gasteiger partial charge in [0, 0.05) is 32.1 Å². The zero-order chi connectivity index (χ0) is 19.8. The van der Waals surface area contributed by atoms with Crippen LogP contribution < -0.4 is 4.90 Å². The smallest absolute Gasteiger partial charge is 0.230 e. The number of piperazine rings is 1. The first kappa shape index (κ1) is 18.1. The Labute approximate surface area is 170 Å². The quantitative estimate of drug-likeness (QED) is 0.670. The molecule has 7 nitrogen and oxygen atoms in total. The number of nitrogens with zero attached hydrogens (tertiary/aromatic N) is 6. The van der Waals surface area contributed by atoms with E-state index in [-0.39, 0.29) is 11.8 Å². The Morgan fingerprint density at radius 3 is 2.48 bits per heavy atom. The number of carbonyl (C=O) groups excluding carboxylic acids is 1. The third kappa shape index (κ3) is 3.45. The molecule has 150 valence electrons. The number of aromatic nitrogens is 4. The Morgan fingerprint density at radius 2 is 1.79 bits per heavy atom. The van der Waals surface area contributed by atoms with E-state index in [1.807, 2.05) is 39.7 Å². The Hall–Kier alpha value is -2.96. The van der Waals surface area contributed by atoms with Gasteiger partial charge in [-0.25, -0.2) is 0 Å². The molecule has 1 aromatic carbocycles. The van der Waals surface area contributed by atoms with Crippen molar-refractivity contribution >= 4 is 17.4 Å².